The lowest BCUT2D eigenvalue weighted by molar-refractivity contribution is 0.102. The highest BCUT2D eigenvalue weighted by atomic mass is 35.5. The van der Waals surface area contributed by atoms with Gasteiger partial charge in [-0.2, -0.15) is 0 Å². The third kappa shape index (κ3) is 4.76. The molecule has 0 saturated heterocycles. The van der Waals surface area contributed by atoms with Crippen molar-refractivity contribution in [2.24, 2.45) is 0 Å². The van der Waals surface area contributed by atoms with E-state index in [2.05, 4.69) is 20.8 Å². The average molecular weight is 449 g/mol. The first-order chi connectivity index (χ1) is 15.5. The van der Waals surface area contributed by atoms with Gasteiger partial charge in [-0.05, 0) is 54.6 Å². The topological polar surface area (TPSA) is 106 Å². The zero-order valence-electron chi connectivity index (χ0n) is 16.8. The van der Waals surface area contributed by atoms with E-state index in [0.717, 1.165) is 0 Å². The number of carbonyl (C=O) groups excluding carboxylic acids is 2. The number of methoxy groups -OCH3 is 1. The van der Waals surface area contributed by atoms with Crippen LogP contribution in [0, 0.1) is 0 Å². The second kappa shape index (κ2) is 9.32. The SMILES string of the molecule is COc1ccc(-c2nnc(NC(=O)c3ccccc3NC(=O)c3cccc(Cl)c3)o2)cc1. The van der Waals surface area contributed by atoms with Crippen LogP contribution in [0.5, 0.6) is 5.75 Å². The van der Waals surface area contributed by atoms with Gasteiger partial charge in [0.2, 0.25) is 5.89 Å². The summed E-state index contributed by atoms with van der Waals surface area (Å²) < 4.78 is 10.7. The van der Waals surface area contributed by atoms with Gasteiger partial charge < -0.3 is 14.5 Å². The minimum atomic E-state index is -0.517. The molecule has 8 nitrogen and oxygen atoms in total. The van der Waals surface area contributed by atoms with Gasteiger partial charge in [-0.25, -0.2) is 0 Å². The van der Waals surface area contributed by atoms with Crippen LogP contribution < -0.4 is 15.4 Å². The third-order valence-electron chi connectivity index (χ3n) is 4.49. The highest BCUT2D eigenvalue weighted by Gasteiger charge is 2.17. The Kier molecular flexibility index (Phi) is 6.14. The number of nitrogens with zero attached hydrogens (tertiary/aromatic N) is 2. The quantitative estimate of drug-likeness (QED) is 0.434. The van der Waals surface area contributed by atoms with Crippen LogP contribution in [0.3, 0.4) is 0 Å². The number of ether oxygens (including phenoxy) is 1. The number of benzene rings is 3. The number of carbonyl (C=O) groups is 2. The van der Waals surface area contributed by atoms with E-state index in [1.165, 1.54) is 0 Å². The van der Waals surface area contributed by atoms with E-state index in [1.54, 1.807) is 79.9 Å². The van der Waals surface area contributed by atoms with E-state index in [4.69, 9.17) is 20.8 Å². The van der Waals surface area contributed by atoms with Crippen molar-refractivity contribution in [1.29, 1.82) is 0 Å². The van der Waals surface area contributed by atoms with Crippen molar-refractivity contribution in [1.82, 2.24) is 10.2 Å². The molecule has 2 amide bonds. The van der Waals surface area contributed by atoms with Crippen LogP contribution in [0.1, 0.15) is 20.7 Å². The molecule has 32 heavy (non-hydrogen) atoms. The Morgan fingerprint density at radius 3 is 2.44 bits per heavy atom. The molecule has 3 aromatic carbocycles. The minimum absolute atomic E-state index is 0.0724. The maximum absolute atomic E-state index is 12.8. The molecule has 0 fully saturated rings. The van der Waals surface area contributed by atoms with E-state index in [1.807, 2.05) is 0 Å². The first-order valence-electron chi connectivity index (χ1n) is 9.49. The number of para-hydroxylation sites is 1. The zero-order valence-corrected chi connectivity index (χ0v) is 17.6. The van der Waals surface area contributed by atoms with Crippen LogP contribution in [0.4, 0.5) is 11.7 Å². The van der Waals surface area contributed by atoms with Crippen LogP contribution in [-0.2, 0) is 0 Å². The Hall–Kier alpha value is -4.17. The predicted molar refractivity (Wildman–Crippen MR) is 120 cm³/mol. The standard InChI is InChI=1S/C23H17ClN4O4/c1-31-17-11-9-14(10-12-17)22-27-28-23(32-22)26-21(30)18-7-2-3-8-19(18)25-20(29)15-5-4-6-16(24)13-15/h2-13H,1H3,(H,25,29)(H,26,28,30). The molecular weight excluding hydrogens is 432 g/mol. The molecule has 0 spiro atoms. The molecule has 9 heteroatoms. The molecule has 1 heterocycles. The van der Waals surface area contributed by atoms with E-state index in [-0.39, 0.29) is 17.5 Å². The Morgan fingerprint density at radius 2 is 1.69 bits per heavy atom. The normalized spacial score (nSPS) is 10.4. The first kappa shape index (κ1) is 21.1. The van der Waals surface area contributed by atoms with Crippen molar-refractivity contribution < 1.29 is 18.7 Å². The predicted octanol–water partition coefficient (Wildman–Crippen LogP) is 4.90. The Morgan fingerprint density at radius 1 is 0.906 bits per heavy atom. The van der Waals surface area contributed by atoms with E-state index >= 15 is 0 Å². The second-order valence-electron chi connectivity index (χ2n) is 6.61. The van der Waals surface area contributed by atoms with E-state index in [9.17, 15) is 9.59 Å². The zero-order chi connectivity index (χ0) is 22.5. The van der Waals surface area contributed by atoms with Crippen LogP contribution in [0.15, 0.2) is 77.2 Å². The number of halogens is 1. The van der Waals surface area contributed by atoms with Crippen LogP contribution in [-0.4, -0.2) is 29.1 Å². The van der Waals surface area contributed by atoms with Gasteiger partial charge >= 0.3 is 6.01 Å². The molecule has 0 aliphatic heterocycles. The van der Waals surface area contributed by atoms with Crippen molar-refractivity contribution in [2.45, 2.75) is 0 Å². The molecule has 0 bridgehead atoms. The van der Waals surface area contributed by atoms with E-state index in [0.29, 0.717) is 27.6 Å². The summed E-state index contributed by atoms with van der Waals surface area (Å²) in [7, 11) is 1.57. The summed E-state index contributed by atoms with van der Waals surface area (Å²) >= 11 is 5.95. The summed E-state index contributed by atoms with van der Waals surface area (Å²) in [6, 6.07) is 20.1. The fraction of sp³-hybridized carbons (Fsp3) is 0.0435. The van der Waals surface area contributed by atoms with Gasteiger partial charge in [0.15, 0.2) is 0 Å². The fourth-order valence-electron chi connectivity index (χ4n) is 2.90. The number of anilines is 2. The van der Waals surface area contributed by atoms with Gasteiger partial charge in [0.25, 0.3) is 11.8 Å². The minimum Gasteiger partial charge on any atom is -0.497 e. The van der Waals surface area contributed by atoms with Crippen molar-refractivity contribution in [3.05, 3.63) is 88.9 Å². The summed E-state index contributed by atoms with van der Waals surface area (Å²) in [6.07, 6.45) is 0. The van der Waals surface area contributed by atoms with Gasteiger partial charge in [0, 0.05) is 16.1 Å². The van der Waals surface area contributed by atoms with Crippen LogP contribution >= 0.6 is 11.6 Å². The highest BCUT2D eigenvalue weighted by Crippen LogP contribution is 2.24. The Bertz CT molecular complexity index is 1270. The van der Waals surface area contributed by atoms with Crippen molar-refractivity contribution >= 4 is 35.1 Å². The molecule has 1 aromatic heterocycles. The number of aromatic nitrogens is 2. The molecule has 0 unspecified atom stereocenters. The van der Waals surface area contributed by atoms with E-state index < -0.39 is 11.8 Å². The van der Waals surface area contributed by atoms with Gasteiger partial charge in [0.05, 0.1) is 18.4 Å². The summed E-state index contributed by atoms with van der Waals surface area (Å²) in [5, 5.41) is 13.5. The number of hydrogen-bond acceptors (Lipinski definition) is 6. The number of nitrogens with one attached hydrogen (secondary N) is 2. The largest absolute Gasteiger partial charge is 0.497 e. The van der Waals surface area contributed by atoms with Crippen molar-refractivity contribution in [3.8, 4) is 17.2 Å². The number of amides is 2. The van der Waals surface area contributed by atoms with Gasteiger partial charge in [-0.15, -0.1) is 5.10 Å². The molecule has 160 valence electrons. The molecule has 0 radical (unpaired) electrons. The summed E-state index contributed by atoms with van der Waals surface area (Å²) in [6.45, 7) is 0. The molecule has 4 aromatic rings. The number of hydrogen-bond donors (Lipinski definition) is 2. The molecule has 2 N–H and O–H groups in total. The average Bonchev–Trinajstić information content (AvgIpc) is 3.28. The first-order valence-corrected chi connectivity index (χ1v) is 9.86. The molecule has 4 rings (SSSR count). The monoisotopic (exact) mass is 448 g/mol. The van der Waals surface area contributed by atoms with Crippen LogP contribution in [0.2, 0.25) is 5.02 Å². The number of rotatable bonds is 6. The Balaban J connectivity index is 1.49. The highest BCUT2D eigenvalue weighted by molar-refractivity contribution is 6.31. The summed E-state index contributed by atoms with van der Waals surface area (Å²) in [5.74, 6) is 0.0213. The van der Waals surface area contributed by atoms with Gasteiger partial charge in [0.1, 0.15) is 5.75 Å². The third-order valence-corrected chi connectivity index (χ3v) is 4.72. The maximum atomic E-state index is 12.8. The van der Waals surface area contributed by atoms with Gasteiger partial charge in [-0.1, -0.05) is 34.9 Å². The molecule has 0 saturated carbocycles. The molecular formula is C23H17ClN4O4. The lowest BCUT2D eigenvalue weighted by Gasteiger charge is -2.10. The lowest BCUT2D eigenvalue weighted by atomic mass is 10.1. The second-order valence-corrected chi connectivity index (χ2v) is 7.04. The van der Waals surface area contributed by atoms with Crippen molar-refractivity contribution in [3.63, 3.8) is 0 Å². The summed E-state index contributed by atoms with van der Waals surface area (Å²) in [4.78, 5) is 25.4. The lowest BCUT2D eigenvalue weighted by Crippen LogP contribution is -2.18. The molecule has 0 atom stereocenters. The van der Waals surface area contributed by atoms with Crippen LogP contribution in [0.25, 0.3) is 11.5 Å². The summed E-state index contributed by atoms with van der Waals surface area (Å²) in [5.41, 5.74) is 1.60. The fourth-order valence-corrected chi connectivity index (χ4v) is 3.09. The smallest absolute Gasteiger partial charge is 0.322 e. The Labute approximate surface area is 188 Å². The molecule has 0 aliphatic carbocycles. The molecule has 0 aliphatic rings. The van der Waals surface area contributed by atoms with Crippen molar-refractivity contribution in [2.75, 3.05) is 17.7 Å². The maximum Gasteiger partial charge on any atom is 0.322 e. The van der Waals surface area contributed by atoms with Gasteiger partial charge in [-0.3, -0.25) is 14.9 Å².